The Morgan fingerprint density at radius 2 is 2.62 bits per heavy atom. The number of rotatable bonds is 1. The summed E-state index contributed by atoms with van der Waals surface area (Å²) in [5, 5.41) is 5.98. The fraction of sp³-hybridized carbons (Fsp3) is 0. The van der Waals surface area contributed by atoms with Crippen LogP contribution in [0.25, 0.3) is 5.83 Å². The van der Waals surface area contributed by atoms with Gasteiger partial charge < -0.3 is 0 Å². The number of halogens is 1. The number of aromatic nitrogens is 2. The first-order valence-electron chi connectivity index (χ1n) is 2.15. The summed E-state index contributed by atoms with van der Waals surface area (Å²) in [4.78, 5) is 0. The molecule has 2 nitrogen and oxygen atoms in total. The normalized spacial score (nSPS) is 9.12. The van der Waals surface area contributed by atoms with Crippen LogP contribution in [0.5, 0.6) is 0 Å². The Labute approximate surface area is 46.0 Å². The predicted octanol–water partition coefficient (Wildman–Crippen LogP) is 1.35. The van der Waals surface area contributed by atoms with Crippen LogP contribution in [-0.4, -0.2) is 10.2 Å². The summed E-state index contributed by atoms with van der Waals surface area (Å²) in [6.45, 7) is 3.05. The second-order valence-corrected chi connectivity index (χ2v) is 1.36. The van der Waals surface area contributed by atoms with E-state index >= 15 is 0 Å². The molecule has 0 saturated carbocycles. The smallest absolute Gasteiger partial charge is 0.143 e. The highest BCUT2D eigenvalue weighted by Gasteiger charge is 1.94. The van der Waals surface area contributed by atoms with Crippen LogP contribution in [0, 0.1) is 0 Å². The van der Waals surface area contributed by atoms with Gasteiger partial charge in [-0.15, -0.1) is 0 Å². The topological polar surface area (TPSA) is 28.7 Å². The van der Waals surface area contributed by atoms with E-state index in [0.29, 0.717) is 0 Å². The maximum Gasteiger partial charge on any atom is 0.143 e. The lowest BCUT2D eigenvalue weighted by atomic mass is 10.4. The minimum atomic E-state index is -0.508. The summed E-state index contributed by atoms with van der Waals surface area (Å²) in [5.74, 6) is -0.508. The van der Waals surface area contributed by atoms with Gasteiger partial charge in [0.05, 0.1) is 0 Å². The largest absolute Gasteiger partial charge is 0.285 e. The van der Waals surface area contributed by atoms with Crippen molar-refractivity contribution in [2.75, 3.05) is 0 Å². The Balaban J connectivity index is 2.93. The van der Waals surface area contributed by atoms with Crippen LogP contribution in [0.3, 0.4) is 0 Å². The average molecular weight is 112 g/mol. The molecule has 0 atom stereocenters. The fourth-order valence-corrected chi connectivity index (χ4v) is 0.411. The molecule has 1 aromatic heterocycles. The molecular formula is C5H5FN2. The van der Waals surface area contributed by atoms with E-state index in [4.69, 9.17) is 0 Å². The lowest BCUT2D eigenvalue weighted by molar-refractivity contribution is 0.754. The summed E-state index contributed by atoms with van der Waals surface area (Å²) in [7, 11) is 0. The molecule has 3 heteroatoms. The third-order valence-corrected chi connectivity index (χ3v) is 0.779. The van der Waals surface area contributed by atoms with E-state index in [1.165, 1.54) is 6.07 Å². The molecule has 1 rings (SSSR count). The Bertz CT molecular complexity index is 178. The van der Waals surface area contributed by atoms with Crippen molar-refractivity contribution in [2.45, 2.75) is 0 Å². The van der Waals surface area contributed by atoms with Gasteiger partial charge in [0.15, 0.2) is 0 Å². The van der Waals surface area contributed by atoms with Crippen molar-refractivity contribution in [2.24, 2.45) is 0 Å². The van der Waals surface area contributed by atoms with Gasteiger partial charge in [-0.05, 0) is 6.07 Å². The predicted molar refractivity (Wildman–Crippen MR) is 28.7 cm³/mol. The van der Waals surface area contributed by atoms with Gasteiger partial charge in [-0.2, -0.15) is 5.10 Å². The molecule has 0 spiro atoms. The summed E-state index contributed by atoms with van der Waals surface area (Å²) in [5.41, 5.74) is 0.269. The van der Waals surface area contributed by atoms with E-state index in [1.54, 1.807) is 6.20 Å². The molecule has 0 radical (unpaired) electrons. The second-order valence-electron chi connectivity index (χ2n) is 1.36. The van der Waals surface area contributed by atoms with Gasteiger partial charge in [0.2, 0.25) is 0 Å². The first-order valence-corrected chi connectivity index (χ1v) is 2.15. The van der Waals surface area contributed by atoms with Crippen LogP contribution in [0.15, 0.2) is 18.8 Å². The highest BCUT2D eigenvalue weighted by atomic mass is 19.1. The van der Waals surface area contributed by atoms with Crippen LogP contribution in [-0.2, 0) is 0 Å². The van der Waals surface area contributed by atoms with Gasteiger partial charge in [-0.1, -0.05) is 6.58 Å². The number of hydrogen-bond acceptors (Lipinski definition) is 1. The molecule has 0 saturated heterocycles. The first kappa shape index (κ1) is 5.03. The number of aromatic amines is 1. The highest BCUT2D eigenvalue weighted by molar-refractivity contribution is 5.51. The van der Waals surface area contributed by atoms with Crippen molar-refractivity contribution in [3.05, 3.63) is 24.5 Å². The van der Waals surface area contributed by atoms with Crippen LogP contribution >= 0.6 is 0 Å². The van der Waals surface area contributed by atoms with Crippen molar-refractivity contribution in [1.29, 1.82) is 0 Å². The van der Waals surface area contributed by atoms with E-state index < -0.39 is 5.83 Å². The summed E-state index contributed by atoms with van der Waals surface area (Å²) >= 11 is 0. The zero-order chi connectivity index (χ0) is 5.98. The van der Waals surface area contributed by atoms with Gasteiger partial charge >= 0.3 is 0 Å². The molecule has 0 aromatic carbocycles. The van der Waals surface area contributed by atoms with Crippen LogP contribution < -0.4 is 0 Å². The standard InChI is InChI=1S/C5H5FN2/c1-4(6)5-2-3-7-8-5/h2-3H,1H2,(H,7,8). The number of nitrogens with one attached hydrogen (secondary N) is 1. The Morgan fingerprint density at radius 1 is 1.88 bits per heavy atom. The third-order valence-electron chi connectivity index (χ3n) is 0.779. The van der Waals surface area contributed by atoms with Crippen LogP contribution in [0.4, 0.5) is 4.39 Å². The van der Waals surface area contributed by atoms with E-state index in [-0.39, 0.29) is 5.69 Å². The maximum absolute atomic E-state index is 12.0. The Hall–Kier alpha value is -1.12. The van der Waals surface area contributed by atoms with Crippen molar-refractivity contribution in [3.8, 4) is 0 Å². The molecule has 0 aliphatic rings. The molecule has 42 valence electrons. The van der Waals surface area contributed by atoms with Gasteiger partial charge in [-0.3, -0.25) is 5.10 Å². The second kappa shape index (κ2) is 1.78. The molecule has 0 aliphatic carbocycles. The average Bonchev–Trinajstić information content (AvgIpc) is 2.12. The molecule has 0 fully saturated rings. The van der Waals surface area contributed by atoms with E-state index in [1.807, 2.05) is 0 Å². The Kier molecular flexibility index (Phi) is 1.12. The summed E-state index contributed by atoms with van der Waals surface area (Å²) in [6.07, 6.45) is 1.54. The lowest BCUT2D eigenvalue weighted by Crippen LogP contribution is -1.73. The molecule has 1 aromatic rings. The minimum Gasteiger partial charge on any atom is -0.285 e. The third kappa shape index (κ3) is 0.753. The molecule has 8 heavy (non-hydrogen) atoms. The quantitative estimate of drug-likeness (QED) is 0.583. The summed E-state index contributed by atoms with van der Waals surface area (Å²) < 4.78 is 12.0. The van der Waals surface area contributed by atoms with E-state index in [9.17, 15) is 4.39 Å². The fourth-order valence-electron chi connectivity index (χ4n) is 0.411. The van der Waals surface area contributed by atoms with Crippen LogP contribution in [0.2, 0.25) is 0 Å². The first-order chi connectivity index (χ1) is 3.80. The zero-order valence-electron chi connectivity index (χ0n) is 4.19. The molecule has 0 bridgehead atoms. The van der Waals surface area contributed by atoms with Crippen molar-refractivity contribution in [3.63, 3.8) is 0 Å². The van der Waals surface area contributed by atoms with E-state index in [2.05, 4.69) is 16.8 Å². The van der Waals surface area contributed by atoms with Gasteiger partial charge in [-0.25, -0.2) is 4.39 Å². The monoisotopic (exact) mass is 112 g/mol. The maximum atomic E-state index is 12.0. The lowest BCUT2D eigenvalue weighted by Gasteiger charge is -1.80. The molecule has 1 N–H and O–H groups in total. The van der Waals surface area contributed by atoms with Crippen molar-refractivity contribution < 1.29 is 4.39 Å². The molecule has 0 aliphatic heterocycles. The van der Waals surface area contributed by atoms with Crippen molar-refractivity contribution >= 4 is 5.83 Å². The number of H-pyrrole nitrogens is 1. The molecule has 1 heterocycles. The molecule has 0 unspecified atom stereocenters. The number of hydrogen-bond donors (Lipinski definition) is 1. The highest BCUT2D eigenvalue weighted by Crippen LogP contribution is 2.06. The summed E-state index contributed by atoms with van der Waals surface area (Å²) in [6, 6.07) is 1.52. The molecular weight excluding hydrogens is 107 g/mol. The van der Waals surface area contributed by atoms with Crippen LogP contribution in [0.1, 0.15) is 5.69 Å². The van der Waals surface area contributed by atoms with Gasteiger partial charge in [0.25, 0.3) is 0 Å². The van der Waals surface area contributed by atoms with E-state index in [0.717, 1.165) is 0 Å². The molecule has 0 amide bonds. The van der Waals surface area contributed by atoms with Crippen molar-refractivity contribution in [1.82, 2.24) is 10.2 Å². The Morgan fingerprint density at radius 3 is 2.88 bits per heavy atom. The van der Waals surface area contributed by atoms with Gasteiger partial charge in [0, 0.05) is 6.20 Å². The minimum absolute atomic E-state index is 0.269. The zero-order valence-corrected chi connectivity index (χ0v) is 4.19. The number of nitrogens with zero attached hydrogens (tertiary/aromatic N) is 1. The van der Waals surface area contributed by atoms with Gasteiger partial charge in [0.1, 0.15) is 11.5 Å². The SMILES string of the molecule is C=C(F)c1cc[nH]n1.